The lowest BCUT2D eigenvalue weighted by atomic mass is 9.87. The van der Waals surface area contributed by atoms with Crippen LogP contribution in [0.4, 0.5) is 28.9 Å². The molecule has 1 saturated carbocycles. The van der Waals surface area contributed by atoms with Crippen molar-refractivity contribution in [1.29, 1.82) is 0 Å². The molecule has 2 N–H and O–H groups in total. The lowest BCUT2D eigenvalue weighted by Crippen LogP contribution is -2.45. The van der Waals surface area contributed by atoms with Crippen molar-refractivity contribution in [2.45, 2.75) is 24.6 Å². The summed E-state index contributed by atoms with van der Waals surface area (Å²) < 4.78 is 56.8. The van der Waals surface area contributed by atoms with Crippen LogP contribution in [0.3, 0.4) is 0 Å². The van der Waals surface area contributed by atoms with Crippen LogP contribution in [0.5, 0.6) is 0 Å². The summed E-state index contributed by atoms with van der Waals surface area (Å²) in [7, 11) is 0. The fourth-order valence-electron chi connectivity index (χ4n) is 2.87. The smallest absolute Gasteiger partial charge is 0.326 e. The monoisotopic (exact) mass is 407 g/mol. The molecule has 1 aliphatic carbocycles. The molecule has 0 saturated heterocycles. The summed E-state index contributed by atoms with van der Waals surface area (Å²) in [6.07, 6.45) is -3.27. The Bertz CT molecular complexity index is 1020. The molecule has 2 aliphatic rings. The van der Waals surface area contributed by atoms with Crippen molar-refractivity contribution in [2.75, 3.05) is 10.6 Å². The molecule has 1 fully saturated rings. The zero-order valence-corrected chi connectivity index (χ0v) is 15.1. The fraction of sp³-hybridized carbons (Fsp3) is 0.250. The van der Waals surface area contributed by atoms with E-state index in [9.17, 15) is 17.6 Å². The van der Waals surface area contributed by atoms with E-state index in [1.807, 2.05) is 0 Å². The summed E-state index contributed by atoms with van der Waals surface area (Å²) in [5, 5.41) is 5.52. The average Bonchev–Trinajstić information content (AvgIpc) is 3.45. The molecule has 2 aromatic carbocycles. The largest absolute Gasteiger partial charge is 0.429 e. The minimum atomic E-state index is -4.81. The summed E-state index contributed by atoms with van der Waals surface area (Å²) in [6.45, 7) is 0. The van der Waals surface area contributed by atoms with E-state index < -0.39 is 17.5 Å². The number of benzene rings is 2. The molecule has 0 spiro atoms. The van der Waals surface area contributed by atoms with Crippen LogP contribution < -0.4 is 10.6 Å². The van der Waals surface area contributed by atoms with Gasteiger partial charge in [-0.25, -0.2) is 9.38 Å². The highest BCUT2D eigenvalue weighted by Crippen LogP contribution is 2.48. The second-order valence-electron chi connectivity index (χ2n) is 6.63. The van der Waals surface area contributed by atoms with E-state index in [-0.39, 0.29) is 33.8 Å². The molecular formula is C20H14ClF4N3. The Morgan fingerprint density at radius 1 is 1.18 bits per heavy atom. The van der Waals surface area contributed by atoms with Crippen molar-refractivity contribution in [3.63, 3.8) is 0 Å². The molecular weight excluding hydrogens is 394 g/mol. The number of nitrogens with one attached hydrogen (secondary N) is 2. The molecule has 3 nitrogen and oxygen atoms in total. The molecule has 1 atom stereocenters. The summed E-state index contributed by atoms with van der Waals surface area (Å²) in [5.74, 6) is 4.11. The first-order chi connectivity index (χ1) is 13.3. The molecule has 1 aliphatic heterocycles. The molecule has 1 heterocycles. The van der Waals surface area contributed by atoms with E-state index >= 15 is 0 Å². The van der Waals surface area contributed by atoms with Gasteiger partial charge in [0.15, 0.2) is 0 Å². The zero-order valence-electron chi connectivity index (χ0n) is 14.4. The Morgan fingerprint density at radius 2 is 1.93 bits per heavy atom. The van der Waals surface area contributed by atoms with Crippen molar-refractivity contribution < 1.29 is 17.6 Å². The van der Waals surface area contributed by atoms with Gasteiger partial charge in [0.05, 0.1) is 5.69 Å². The fourth-order valence-corrected chi connectivity index (χ4v) is 3.05. The molecule has 4 rings (SSSR count). The number of para-hydroxylation sites is 1. The number of rotatable bonds is 1. The molecule has 0 bridgehead atoms. The van der Waals surface area contributed by atoms with Gasteiger partial charge >= 0.3 is 6.18 Å². The Labute approximate surface area is 163 Å². The van der Waals surface area contributed by atoms with Crippen LogP contribution in [0.1, 0.15) is 18.4 Å². The Balaban J connectivity index is 1.87. The van der Waals surface area contributed by atoms with Crippen molar-refractivity contribution in [2.24, 2.45) is 10.9 Å². The van der Waals surface area contributed by atoms with E-state index in [4.69, 9.17) is 11.6 Å². The van der Waals surface area contributed by atoms with Gasteiger partial charge in [0.1, 0.15) is 5.82 Å². The number of nitrogens with zero attached hydrogens (tertiary/aromatic N) is 1. The zero-order chi connectivity index (χ0) is 19.9. The lowest BCUT2D eigenvalue weighted by molar-refractivity contribution is -0.170. The number of fused-ring (bicyclic) bond motifs is 1. The molecule has 28 heavy (non-hydrogen) atoms. The Hall–Kier alpha value is -2.72. The van der Waals surface area contributed by atoms with E-state index in [1.54, 1.807) is 6.07 Å². The number of hydrogen-bond donors (Lipinski definition) is 2. The minimum absolute atomic E-state index is 0.00242. The van der Waals surface area contributed by atoms with Crippen LogP contribution in [0, 0.1) is 23.6 Å². The molecule has 8 heteroatoms. The predicted molar refractivity (Wildman–Crippen MR) is 101 cm³/mol. The number of guanidine groups is 1. The van der Waals surface area contributed by atoms with E-state index in [2.05, 4.69) is 27.5 Å². The van der Waals surface area contributed by atoms with E-state index in [1.165, 1.54) is 36.4 Å². The average molecular weight is 408 g/mol. The third kappa shape index (κ3) is 3.40. The van der Waals surface area contributed by atoms with Gasteiger partial charge in [-0.15, -0.1) is 0 Å². The summed E-state index contributed by atoms with van der Waals surface area (Å²) in [6, 6.07) is 9.75. The topological polar surface area (TPSA) is 36.4 Å². The van der Waals surface area contributed by atoms with Gasteiger partial charge in [-0.05, 0) is 43.2 Å². The second-order valence-corrected chi connectivity index (χ2v) is 7.07. The molecule has 0 amide bonds. The number of alkyl halides is 3. The summed E-state index contributed by atoms with van der Waals surface area (Å²) >= 11 is 5.96. The normalized spacial score (nSPS) is 21.0. The third-order valence-corrected chi connectivity index (χ3v) is 4.71. The Kier molecular flexibility index (Phi) is 4.47. The van der Waals surface area contributed by atoms with Crippen LogP contribution >= 0.6 is 11.6 Å². The van der Waals surface area contributed by atoms with E-state index in [0.29, 0.717) is 0 Å². The van der Waals surface area contributed by atoms with Crippen molar-refractivity contribution in [3.05, 3.63) is 58.9 Å². The van der Waals surface area contributed by atoms with Gasteiger partial charge in [-0.1, -0.05) is 35.6 Å². The van der Waals surface area contributed by atoms with Gasteiger partial charge in [0.25, 0.3) is 0 Å². The highest BCUT2D eigenvalue weighted by atomic mass is 35.5. The molecule has 0 radical (unpaired) electrons. The van der Waals surface area contributed by atoms with Crippen molar-refractivity contribution >= 4 is 28.9 Å². The summed E-state index contributed by atoms with van der Waals surface area (Å²) in [5.41, 5.74) is -2.83. The van der Waals surface area contributed by atoms with Crippen molar-refractivity contribution in [1.82, 2.24) is 0 Å². The molecule has 0 aromatic heterocycles. The minimum Gasteiger partial charge on any atom is -0.326 e. The number of halogens is 5. The quantitative estimate of drug-likeness (QED) is 0.480. The number of aliphatic imine (C=N–C) groups is 1. The molecule has 144 valence electrons. The third-order valence-electron chi connectivity index (χ3n) is 4.48. The lowest BCUT2D eigenvalue weighted by Gasteiger charge is -2.34. The first-order valence-corrected chi connectivity index (χ1v) is 8.94. The maximum absolute atomic E-state index is 14.3. The number of hydrogen-bond acceptors (Lipinski definition) is 3. The Morgan fingerprint density at radius 3 is 2.61 bits per heavy atom. The van der Waals surface area contributed by atoms with E-state index in [0.717, 1.165) is 12.8 Å². The second kappa shape index (κ2) is 6.71. The van der Waals surface area contributed by atoms with Crippen molar-refractivity contribution in [3.8, 4) is 11.8 Å². The van der Waals surface area contributed by atoms with Crippen LogP contribution in [0.2, 0.25) is 5.02 Å². The maximum Gasteiger partial charge on any atom is 0.429 e. The van der Waals surface area contributed by atoms with Crippen LogP contribution in [0.25, 0.3) is 0 Å². The van der Waals surface area contributed by atoms with Crippen LogP contribution in [-0.4, -0.2) is 12.1 Å². The van der Waals surface area contributed by atoms with Crippen LogP contribution in [-0.2, 0) is 5.54 Å². The van der Waals surface area contributed by atoms with Crippen LogP contribution in [0.15, 0.2) is 47.5 Å². The SMILES string of the molecule is Fc1ccccc1NC1=NC(C#CC2CC2)(C(F)(F)F)c2cc(Cl)ccc2N1. The molecule has 1 unspecified atom stereocenters. The van der Waals surface area contributed by atoms with Gasteiger partial charge < -0.3 is 10.6 Å². The maximum atomic E-state index is 14.3. The number of anilines is 2. The van der Waals surface area contributed by atoms with Gasteiger partial charge in [-0.3, -0.25) is 0 Å². The highest BCUT2D eigenvalue weighted by molar-refractivity contribution is 6.30. The van der Waals surface area contributed by atoms with Gasteiger partial charge in [0.2, 0.25) is 11.5 Å². The first kappa shape index (κ1) is 18.6. The standard InChI is InChI=1S/C20H14ClF4N3/c21-13-7-8-16-14(11-13)19(20(23,24)25,10-9-12-5-6-12)28-18(26-16)27-17-4-2-1-3-15(17)22/h1-4,7-8,11-12H,5-6H2,(H2,26,27,28). The highest BCUT2D eigenvalue weighted by Gasteiger charge is 2.58. The van der Waals surface area contributed by atoms with Gasteiger partial charge in [-0.2, -0.15) is 13.2 Å². The summed E-state index contributed by atoms with van der Waals surface area (Å²) in [4.78, 5) is 3.87. The predicted octanol–water partition coefficient (Wildman–Crippen LogP) is 5.54. The first-order valence-electron chi connectivity index (χ1n) is 8.56. The molecule has 2 aromatic rings. The van der Waals surface area contributed by atoms with Gasteiger partial charge in [0, 0.05) is 22.2 Å².